The molecule has 0 aromatic heterocycles. The molecule has 0 aliphatic heterocycles. The summed E-state index contributed by atoms with van der Waals surface area (Å²) in [6.07, 6.45) is 4.27. The fourth-order valence-electron chi connectivity index (χ4n) is 2.25. The van der Waals surface area contributed by atoms with Crippen LogP contribution in [0.5, 0.6) is 11.5 Å². The average molecular weight is 247 g/mol. The van der Waals surface area contributed by atoms with Crippen molar-refractivity contribution < 1.29 is 14.3 Å². The lowest BCUT2D eigenvalue weighted by atomic mass is 9.99. The van der Waals surface area contributed by atoms with Crippen molar-refractivity contribution in [2.45, 2.75) is 31.7 Å². The molecule has 0 heterocycles. The van der Waals surface area contributed by atoms with Gasteiger partial charge < -0.3 is 9.47 Å². The second-order valence-corrected chi connectivity index (χ2v) is 4.45. The molecule has 1 aliphatic carbocycles. The maximum absolute atomic E-state index is 10.6. The highest BCUT2D eigenvalue weighted by molar-refractivity contribution is 5.53. The van der Waals surface area contributed by atoms with Gasteiger partial charge in [0.1, 0.15) is 17.0 Å². The van der Waals surface area contributed by atoms with Crippen LogP contribution in [0.25, 0.3) is 0 Å². The number of ether oxygens (including phenoxy) is 2. The minimum absolute atomic E-state index is 0.413. The molecule has 1 fully saturated rings. The molecule has 2 rings (SSSR count). The lowest BCUT2D eigenvalue weighted by Gasteiger charge is -2.17. The Morgan fingerprint density at radius 2 is 1.94 bits per heavy atom. The summed E-state index contributed by atoms with van der Waals surface area (Å²) in [5, 5.41) is 0. The van der Waals surface area contributed by atoms with E-state index in [2.05, 4.69) is 11.9 Å². The molecule has 4 heteroatoms. The van der Waals surface area contributed by atoms with Gasteiger partial charge in [-0.05, 0) is 30.9 Å². The number of aryl methyl sites for hydroxylation is 1. The molecule has 1 aromatic rings. The summed E-state index contributed by atoms with van der Waals surface area (Å²) in [6.45, 7) is 2.07. The normalized spacial score (nSPS) is 15.7. The minimum Gasteiger partial charge on any atom is -0.496 e. The van der Waals surface area contributed by atoms with E-state index in [1.807, 2.05) is 12.1 Å². The van der Waals surface area contributed by atoms with Crippen molar-refractivity contribution in [1.82, 2.24) is 0 Å². The third-order valence-electron chi connectivity index (χ3n) is 3.47. The third kappa shape index (κ3) is 2.00. The molecule has 4 nitrogen and oxygen atoms in total. The van der Waals surface area contributed by atoms with Gasteiger partial charge in [0, 0.05) is 11.6 Å². The predicted molar refractivity (Wildman–Crippen MR) is 68.0 cm³/mol. The van der Waals surface area contributed by atoms with Gasteiger partial charge in [-0.2, -0.15) is 4.99 Å². The molecule has 0 unspecified atom stereocenters. The van der Waals surface area contributed by atoms with Gasteiger partial charge >= 0.3 is 0 Å². The van der Waals surface area contributed by atoms with E-state index in [-0.39, 0.29) is 0 Å². The molecule has 0 atom stereocenters. The first-order valence-electron chi connectivity index (χ1n) is 6.05. The first-order valence-corrected chi connectivity index (χ1v) is 6.05. The van der Waals surface area contributed by atoms with Crippen LogP contribution in [0.2, 0.25) is 0 Å². The lowest BCUT2D eigenvalue weighted by molar-refractivity contribution is 0.385. The zero-order chi connectivity index (χ0) is 13.2. The highest BCUT2D eigenvalue weighted by Crippen LogP contribution is 2.53. The predicted octanol–water partition coefficient (Wildman–Crippen LogP) is 2.59. The maximum atomic E-state index is 10.6. The van der Waals surface area contributed by atoms with Crippen LogP contribution in [-0.2, 0) is 16.8 Å². The van der Waals surface area contributed by atoms with Gasteiger partial charge in [-0.3, -0.25) is 0 Å². The van der Waals surface area contributed by atoms with Crippen LogP contribution < -0.4 is 9.47 Å². The van der Waals surface area contributed by atoms with Crippen LogP contribution in [0.1, 0.15) is 30.9 Å². The number of aliphatic imine (C=N–C) groups is 1. The Labute approximate surface area is 107 Å². The summed E-state index contributed by atoms with van der Waals surface area (Å²) in [5.74, 6) is 1.53. The highest BCUT2D eigenvalue weighted by Gasteiger charge is 2.47. The SMILES string of the molecule is CCc1cc(C2(N=C=O)CC2)c(OC)cc1OC. The second-order valence-electron chi connectivity index (χ2n) is 4.45. The van der Waals surface area contributed by atoms with Gasteiger partial charge in [0.25, 0.3) is 0 Å². The maximum Gasteiger partial charge on any atom is 0.235 e. The molecule has 1 aromatic carbocycles. The van der Waals surface area contributed by atoms with Gasteiger partial charge in [-0.1, -0.05) is 6.92 Å². The largest absolute Gasteiger partial charge is 0.496 e. The monoisotopic (exact) mass is 247 g/mol. The fraction of sp³-hybridized carbons (Fsp3) is 0.500. The van der Waals surface area contributed by atoms with Crippen LogP contribution >= 0.6 is 0 Å². The van der Waals surface area contributed by atoms with E-state index in [0.717, 1.165) is 41.9 Å². The van der Waals surface area contributed by atoms with Crippen LogP contribution in [0, 0.1) is 0 Å². The zero-order valence-electron chi connectivity index (χ0n) is 10.9. The number of rotatable bonds is 5. The van der Waals surface area contributed by atoms with Crippen molar-refractivity contribution in [3.63, 3.8) is 0 Å². The van der Waals surface area contributed by atoms with Crippen LogP contribution in [0.4, 0.5) is 0 Å². The van der Waals surface area contributed by atoms with Crippen molar-refractivity contribution in [3.8, 4) is 11.5 Å². The van der Waals surface area contributed by atoms with E-state index in [1.165, 1.54) is 0 Å². The molecular formula is C14H17NO3. The van der Waals surface area contributed by atoms with Crippen molar-refractivity contribution in [2.24, 2.45) is 4.99 Å². The summed E-state index contributed by atoms with van der Waals surface area (Å²) in [5.41, 5.74) is 1.65. The number of hydrogen-bond acceptors (Lipinski definition) is 4. The zero-order valence-corrected chi connectivity index (χ0v) is 10.9. The van der Waals surface area contributed by atoms with E-state index in [4.69, 9.17) is 9.47 Å². The van der Waals surface area contributed by atoms with E-state index in [1.54, 1.807) is 20.3 Å². The van der Waals surface area contributed by atoms with Crippen molar-refractivity contribution in [1.29, 1.82) is 0 Å². The first-order chi connectivity index (χ1) is 8.70. The molecule has 1 saturated carbocycles. The Morgan fingerprint density at radius 1 is 1.28 bits per heavy atom. The van der Waals surface area contributed by atoms with Gasteiger partial charge in [-0.15, -0.1) is 0 Å². The van der Waals surface area contributed by atoms with Crippen LogP contribution in [0.15, 0.2) is 17.1 Å². The second kappa shape index (κ2) is 4.83. The topological polar surface area (TPSA) is 47.9 Å². The van der Waals surface area contributed by atoms with Crippen LogP contribution in [-0.4, -0.2) is 20.3 Å². The Kier molecular flexibility index (Phi) is 3.39. The van der Waals surface area contributed by atoms with E-state index < -0.39 is 5.54 Å². The lowest BCUT2D eigenvalue weighted by Crippen LogP contribution is -2.07. The smallest absolute Gasteiger partial charge is 0.235 e. The fourth-order valence-corrected chi connectivity index (χ4v) is 2.25. The Bertz CT molecular complexity index is 500. The number of benzene rings is 1. The molecule has 18 heavy (non-hydrogen) atoms. The first kappa shape index (κ1) is 12.7. The number of hydrogen-bond donors (Lipinski definition) is 0. The van der Waals surface area contributed by atoms with Gasteiger partial charge in [0.05, 0.1) is 14.2 Å². The van der Waals surface area contributed by atoms with Crippen molar-refractivity contribution in [3.05, 3.63) is 23.3 Å². The molecule has 0 spiro atoms. The molecule has 96 valence electrons. The molecule has 0 N–H and O–H groups in total. The number of methoxy groups -OCH3 is 2. The highest BCUT2D eigenvalue weighted by atomic mass is 16.5. The van der Waals surface area contributed by atoms with Gasteiger partial charge in [0.15, 0.2) is 0 Å². The molecular weight excluding hydrogens is 230 g/mol. The van der Waals surface area contributed by atoms with Crippen LogP contribution in [0.3, 0.4) is 0 Å². The van der Waals surface area contributed by atoms with E-state index in [0.29, 0.717) is 0 Å². The van der Waals surface area contributed by atoms with Crippen molar-refractivity contribution >= 4 is 6.08 Å². The van der Waals surface area contributed by atoms with Crippen molar-refractivity contribution in [2.75, 3.05) is 14.2 Å². The number of isocyanates is 1. The number of carbonyl (C=O) groups excluding carboxylic acids is 1. The Balaban J connectivity index is 2.56. The van der Waals surface area contributed by atoms with Gasteiger partial charge in [0.2, 0.25) is 6.08 Å². The summed E-state index contributed by atoms with van der Waals surface area (Å²) >= 11 is 0. The summed E-state index contributed by atoms with van der Waals surface area (Å²) in [4.78, 5) is 14.5. The average Bonchev–Trinajstić information content (AvgIpc) is 3.18. The summed E-state index contributed by atoms with van der Waals surface area (Å²) in [7, 11) is 3.26. The molecule has 0 radical (unpaired) electrons. The Hall–Kier alpha value is -1.80. The van der Waals surface area contributed by atoms with E-state index in [9.17, 15) is 4.79 Å². The third-order valence-corrected chi connectivity index (χ3v) is 3.47. The standard InChI is InChI=1S/C14H17NO3/c1-4-10-7-11(14(5-6-14)15-9-16)13(18-3)8-12(10)17-2/h7-8H,4-6H2,1-3H3. The molecule has 0 bridgehead atoms. The van der Waals surface area contributed by atoms with E-state index >= 15 is 0 Å². The Morgan fingerprint density at radius 3 is 2.39 bits per heavy atom. The quantitative estimate of drug-likeness (QED) is 0.593. The molecule has 0 saturated heterocycles. The summed E-state index contributed by atoms with van der Waals surface area (Å²) < 4.78 is 10.7. The molecule has 1 aliphatic rings. The summed E-state index contributed by atoms with van der Waals surface area (Å²) in [6, 6.07) is 3.90. The molecule has 0 amide bonds. The minimum atomic E-state index is -0.413. The number of nitrogens with zero attached hydrogens (tertiary/aromatic N) is 1. The van der Waals surface area contributed by atoms with Gasteiger partial charge in [-0.25, -0.2) is 4.79 Å².